The van der Waals surface area contributed by atoms with Gasteiger partial charge in [0.1, 0.15) is 5.41 Å². The van der Waals surface area contributed by atoms with Crippen LogP contribution in [0.25, 0.3) is 0 Å². The van der Waals surface area contributed by atoms with Crippen LogP contribution in [-0.4, -0.2) is 12.5 Å². The Morgan fingerprint density at radius 2 is 1.70 bits per heavy atom. The van der Waals surface area contributed by atoms with Gasteiger partial charge in [0.05, 0.1) is 6.04 Å². The topological polar surface area (TPSA) is 41.1 Å². The van der Waals surface area contributed by atoms with Crippen LogP contribution in [0.2, 0.25) is 10.0 Å². The lowest BCUT2D eigenvalue weighted by Gasteiger charge is -2.47. The SMILES string of the molecule is Cc1cccc(C2NCCC(c3cccc(Cl)c3)C23C(=O)Nc2cc(Cl)ccc23)c1. The molecule has 1 spiro atoms. The number of hydrogen-bond acceptors (Lipinski definition) is 2. The normalized spacial score (nSPS) is 25.2. The Balaban J connectivity index is 1.78. The number of amides is 1. The highest BCUT2D eigenvalue weighted by Gasteiger charge is 2.59. The standard InChI is InChI=1S/C25H22Cl2N2O/c1-15-4-2-6-17(12-15)23-25(21-9-8-19(27)14-22(21)29-24(25)30)20(10-11-28-23)16-5-3-7-18(26)13-16/h2-9,12-14,20,23,28H,10-11H2,1H3,(H,29,30). The van der Waals surface area contributed by atoms with E-state index >= 15 is 0 Å². The Bertz CT molecular complexity index is 1090. The van der Waals surface area contributed by atoms with Crippen molar-refractivity contribution in [3.8, 4) is 0 Å². The number of rotatable bonds is 2. The number of nitrogens with one attached hydrogen (secondary N) is 2. The molecule has 2 N–H and O–H groups in total. The smallest absolute Gasteiger partial charge is 0.237 e. The van der Waals surface area contributed by atoms with E-state index in [1.807, 2.05) is 36.4 Å². The number of piperidine rings is 1. The van der Waals surface area contributed by atoms with Gasteiger partial charge >= 0.3 is 0 Å². The van der Waals surface area contributed by atoms with E-state index in [1.165, 1.54) is 5.56 Å². The summed E-state index contributed by atoms with van der Waals surface area (Å²) >= 11 is 12.6. The number of carbonyl (C=O) groups excluding carboxylic acids is 1. The molecule has 30 heavy (non-hydrogen) atoms. The molecule has 0 aromatic heterocycles. The summed E-state index contributed by atoms with van der Waals surface area (Å²) in [6, 6.07) is 21.9. The fourth-order valence-electron chi connectivity index (χ4n) is 5.31. The largest absolute Gasteiger partial charge is 0.325 e. The third-order valence-electron chi connectivity index (χ3n) is 6.46. The molecule has 5 rings (SSSR count). The highest BCUT2D eigenvalue weighted by Crippen LogP contribution is 2.57. The maximum atomic E-state index is 13.8. The molecular formula is C25H22Cl2N2O. The van der Waals surface area contributed by atoms with Crippen LogP contribution in [0, 0.1) is 6.92 Å². The van der Waals surface area contributed by atoms with Crippen molar-refractivity contribution in [1.82, 2.24) is 5.32 Å². The summed E-state index contributed by atoms with van der Waals surface area (Å²) in [6.07, 6.45) is 0.831. The number of halogens is 2. The number of benzene rings is 3. The first-order chi connectivity index (χ1) is 14.5. The third kappa shape index (κ3) is 2.96. The molecule has 1 amide bonds. The molecule has 3 unspecified atom stereocenters. The van der Waals surface area contributed by atoms with Crippen LogP contribution in [0.5, 0.6) is 0 Å². The van der Waals surface area contributed by atoms with E-state index in [9.17, 15) is 4.79 Å². The van der Waals surface area contributed by atoms with Gasteiger partial charge in [-0.05, 0) is 60.8 Å². The summed E-state index contributed by atoms with van der Waals surface area (Å²) in [5.74, 6) is -0.0196. The number of fused-ring (bicyclic) bond motifs is 2. The molecule has 3 aromatic rings. The van der Waals surface area contributed by atoms with Crippen LogP contribution >= 0.6 is 23.2 Å². The molecule has 5 heteroatoms. The van der Waals surface area contributed by atoms with Gasteiger partial charge in [0.25, 0.3) is 0 Å². The van der Waals surface area contributed by atoms with Gasteiger partial charge in [0.15, 0.2) is 0 Å². The minimum absolute atomic E-state index is 0.00319. The summed E-state index contributed by atoms with van der Waals surface area (Å²) in [4.78, 5) is 13.8. The van der Waals surface area contributed by atoms with Gasteiger partial charge in [0.2, 0.25) is 5.91 Å². The molecule has 1 fully saturated rings. The fraction of sp³-hybridized carbons (Fsp3) is 0.240. The molecule has 0 bridgehead atoms. The van der Waals surface area contributed by atoms with Gasteiger partial charge in [-0.15, -0.1) is 0 Å². The zero-order valence-electron chi connectivity index (χ0n) is 16.6. The lowest BCUT2D eigenvalue weighted by molar-refractivity contribution is -0.123. The molecule has 3 atom stereocenters. The predicted molar refractivity (Wildman–Crippen MR) is 122 cm³/mol. The molecular weight excluding hydrogens is 415 g/mol. The lowest BCUT2D eigenvalue weighted by atomic mass is 9.59. The quantitative estimate of drug-likeness (QED) is 0.516. The number of carbonyl (C=O) groups is 1. The Morgan fingerprint density at radius 3 is 2.50 bits per heavy atom. The first-order valence-corrected chi connectivity index (χ1v) is 10.9. The van der Waals surface area contributed by atoms with Gasteiger partial charge in [0, 0.05) is 21.7 Å². The molecule has 0 saturated carbocycles. The van der Waals surface area contributed by atoms with E-state index in [1.54, 1.807) is 0 Å². The maximum Gasteiger partial charge on any atom is 0.237 e. The summed E-state index contributed by atoms with van der Waals surface area (Å²) < 4.78 is 0. The van der Waals surface area contributed by atoms with Gasteiger partial charge in [-0.25, -0.2) is 0 Å². The van der Waals surface area contributed by atoms with Crippen molar-refractivity contribution in [2.45, 2.75) is 30.7 Å². The third-order valence-corrected chi connectivity index (χ3v) is 6.93. The highest BCUT2D eigenvalue weighted by atomic mass is 35.5. The Kier molecular flexibility index (Phi) is 4.85. The predicted octanol–water partition coefficient (Wildman–Crippen LogP) is 6.01. The Labute approximate surface area is 186 Å². The monoisotopic (exact) mass is 436 g/mol. The Hall–Kier alpha value is -2.33. The van der Waals surface area contributed by atoms with Crippen LogP contribution < -0.4 is 10.6 Å². The van der Waals surface area contributed by atoms with E-state index in [-0.39, 0.29) is 17.9 Å². The second kappa shape index (κ2) is 7.42. The lowest BCUT2D eigenvalue weighted by Crippen LogP contribution is -2.55. The fourth-order valence-corrected chi connectivity index (χ4v) is 5.68. The van der Waals surface area contributed by atoms with Crippen LogP contribution in [0.15, 0.2) is 66.7 Å². The summed E-state index contributed by atoms with van der Waals surface area (Å²) in [7, 11) is 0. The van der Waals surface area contributed by atoms with E-state index in [4.69, 9.17) is 23.2 Å². The molecule has 2 aliphatic rings. The second-order valence-corrected chi connectivity index (χ2v) is 9.08. The summed E-state index contributed by atoms with van der Waals surface area (Å²) in [5, 5.41) is 8.10. The van der Waals surface area contributed by atoms with Crippen LogP contribution in [0.3, 0.4) is 0 Å². The maximum absolute atomic E-state index is 13.8. The van der Waals surface area contributed by atoms with Crippen molar-refractivity contribution in [1.29, 1.82) is 0 Å². The number of anilines is 1. The number of aryl methyl sites for hydroxylation is 1. The molecule has 0 radical (unpaired) electrons. The first kappa shape index (κ1) is 19.6. The molecule has 152 valence electrons. The van der Waals surface area contributed by atoms with Gasteiger partial charge in [-0.1, -0.05) is 71.2 Å². The highest BCUT2D eigenvalue weighted by molar-refractivity contribution is 6.31. The van der Waals surface area contributed by atoms with Gasteiger partial charge in [-0.2, -0.15) is 0 Å². The minimum Gasteiger partial charge on any atom is -0.325 e. The molecule has 2 heterocycles. The van der Waals surface area contributed by atoms with E-state index in [0.717, 1.165) is 35.3 Å². The molecule has 3 nitrogen and oxygen atoms in total. The zero-order chi connectivity index (χ0) is 20.9. The van der Waals surface area contributed by atoms with Crippen molar-refractivity contribution in [3.63, 3.8) is 0 Å². The minimum atomic E-state index is -0.795. The van der Waals surface area contributed by atoms with Crippen molar-refractivity contribution < 1.29 is 4.79 Å². The van der Waals surface area contributed by atoms with Gasteiger partial charge < -0.3 is 10.6 Å². The molecule has 3 aromatic carbocycles. The summed E-state index contributed by atoms with van der Waals surface area (Å²) in [6.45, 7) is 2.89. The molecule has 2 aliphatic heterocycles. The number of hydrogen-bond donors (Lipinski definition) is 2. The second-order valence-electron chi connectivity index (χ2n) is 8.21. The van der Waals surface area contributed by atoms with Crippen molar-refractivity contribution in [2.24, 2.45) is 0 Å². The van der Waals surface area contributed by atoms with Crippen LogP contribution in [0.4, 0.5) is 5.69 Å². The van der Waals surface area contributed by atoms with Crippen molar-refractivity contribution >= 4 is 34.8 Å². The van der Waals surface area contributed by atoms with Crippen LogP contribution in [-0.2, 0) is 10.2 Å². The van der Waals surface area contributed by atoms with Crippen LogP contribution in [0.1, 0.15) is 40.6 Å². The Morgan fingerprint density at radius 1 is 0.933 bits per heavy atom. The summed E-state index contributed by atoms with van der Waals surface area (Å²) in [5.41, 5.74) is 4.35. The van der Waals surface area contributed by atoms with Gasteiger partial charge in [-0.3, -0.25) is 4.79 Å². The average molecular weight is 437 g/mol. The first-order valence-electron chi connectivity index (χ1n) is 10.2. The van der Waals surface area contributed by atoms with E-state index in [2.05, 4.69) is 47.9 Å². The van der Waals surface area contributed by atoms with E-state index in [0.29, 0.717) is 10.0 Å². The molecule has 1 saturated heterocycles. The van der Waals surface area contributed by atoms with Crippen molar-refractivity contribution in [2.75, 3.05) is 11.9 Å². The van der Waals surface area contributed by atoms with Crippen molar-refractivity contribution in [3.05, 3.63) is 99.0 Å². The molecule has 0 aliphatic carbocycles. The van der Waals surface area contributed by atoms with E-state index < -0.39 is 5.41 Å². The average Bonchev–Trinajstić information content (AvgIpc) is 2.99. The zero-order valence-corrected chi connectivity index (χ0v) is 18.1.